The number of carbonyl (C=O) groups excluding carboxylic acids is 4. The van der Waals surface area contributed by atoms with E-state index < -0.39 is 6.04 Å². The van der Waals surface area contributed by atoms with E-state index in [1.54, 1.807) is 42.3 Å². The Balaban J connectivity index is 1.47. The molecule has 0 aliphatic heterocycles. The highest BCUT2D eigenvalue weighted by Crippen LogP contribution is 2.26. The van der Waals surface area contributed by atoms with Crippen molar-refractivity contribution >= 4 is 35.0 Å². The summed E-state index contributed by atoms with van der Waals surface area (Å²) in [4.78, 5) is 52.7. The van der Waals surface area contributed by atoms with Crippen molar-refractivity contribution in [1.29, 1.82) is 0 Å². The number of hydrogen-bond acceptors (Lipinski definition) is 5. The van der Waals surface area contributed by atoms with E-state index in [2.05, 4.69) is 28.2 Å². The number of hydrogen-bond donors (Lipinski definition) is 4. The fourth-order valence-corrected chi connectivity index (χ4v) is 5.62. The number of urea groups is 1. The van der Waals surface area contributed by atoms with Gasteiger partial charge >= 0.3 is 6.03 Å². The molecule has 4 N–H and O–H groups in total. The second-order valence-corrected chi connectivity index (χ2v) is 12.4. The van der Waals surface area contributed by atoms with Crippen LogP contribution in [0.2, 0.25) is 0 Å². The average molecular weight is 676 g/mol. The van der Waals surface area contributed by atoms with Gasteiger partial charge in [0.2, 0.25) is 11.8 Å². The normalized spacial score (nSPS) is 11.3. The van der Waals surface area contributed by atoms with E-state index in [0.29, 0.717) is 36.3 Å². The highest BCUT2D eigenvalue weighted by molar-refractivity contribution is 6.12. The summed E-state index contributed by atoms with van der Waals surface area (Å²) in [7, 11) is 1.77. The molecule has 9 heteroatoms. The number of amides is 4. The Kier molecular flexibility index (Phi) is 14.6. The summed E-state index contributed by atoms with van der Waals surface area (Å²) in [5.74, 6) is -0.567. The minimum absolute atomic E-state index is 0.131. The maximum absolute atomic E-state index is 13.5. The van der Waals surface area contributed by atoms with Crippen molar-refractivity contribution in [3.63, 3.8) is 0 Å². The number of ketones is 1. The molecule has 1 atom stereocenters. The molecule has 4 rings (SSSR count). The monoisotopic (exact) mass is 675 g/mol. The predicted octanol–water partition coefficient (Wildman–Crippen LogP) is 6.98. The summed E-state index contributed by atoms with van der Waals surface area (Å²) >= 11 is 0. The number of nitrogens with one attached hydrogen (secondary N) is 4. The second-order valence-electron chi connectivity index (χ2n) is 12.4. The maximum Gasteiger partial charge on any atom is 0.321 e. The highest BCUT2D eigenvalue weighted by Gasteiger charge is 2.22. The molecule has 50 heavy (non-hydrogen) atoms. The number of para-hydroxylation sites is 1. The van der Waals surface area contributed by atoms with Gasteiger partial charge in [-0.25, -0.2) is 4.79 Å². The molecule has 0 saturated heterocycles. The van der Waals surface area contributed by atoms with Crippen molar-refractivity contribution in [2.45, 2.75) is 58.4 Å². The van der Waals surface area contributed by atoms with Crippen LogP contribution < -0.4 is 26.2 Å². The number of carbonyl (C=O) groups is 4. The summed E-state index contributed by atoms with van der Waals surface area (Å²) in [5.41, 5.74) is 5.23. The van der Waals surface area contributed by atoms with Gasteiger partial charge in [0.15, 0.2) is 5.78 Å². The molecule has 0 heterocycles. The van der Waals surface area contributed by atoms with Gasteiger partial charge < -0.3 is 21.3 Å². The number of benzene rings is 4. The zero-order valence-corrected chi connectivity index (χ0v) is 29.3. The Morgan fingerprint density at radius 1 is 0.680 bits per heavy atom. The molecule has 0 aliphatic carbocycles. The summed E-state index contributed by atoms with van der Waals surface area (Å²) in [6.07, 6.45) is 6.04. The largest absolute Gasteiger partial charge is 0.373 e. The van der Waals surface area contributed by atoms with Crippen LogP contribution in [0.4, 0.5) is 16.2 Å². The SMILES string of the molecule is CCCCCCCNC(=O)N(C)c1cccc(-c2ccc(C[C@H](Nc3ccccc3C(=O)c3ccccc3)C(=O)NCCNC(C)=O)cc2)c1. The van der Waals surface area contributed by atoms with E-state index >= 15 is 0 Å². The Labute approximate surface area is 295 Å². The minimum atomic E-state index is -0.704. The molecule has 4 amide bonds. The Morgan fingerprint density at radius 2 is 1.38 bits per heavy atom. The highest BCUT2D eigenvalue weighted by atomic mass is 16.2. The van der Waals surface area contributed by atoms with Crippen molar-refractivity contribution in [1.82, 2.24) is 16.0 Å². The lowest BCUT2D eigenvalue weighted by atomic mass is 9.98. The van der Waals surface area contributed by atoms with Gasteiger partial charge in [0.25, 0.3) is 0 Å². The summed E-state index contributed by atoms with van der Waals surface area (Å²) in [5, 5.41) is 12.0. The molecule has 0 unspecified atom stereocenters. The van der Waals surface area contributed by atoms with E-state index in [1.165, 1.54) is 26.2 Å². The fraction of sp³-hybridized carbons (Fsp3) is 0.317. The first-order valence-corrected chi connectivity index (χ1v) is 17.4. The molecule has 0 aliphatic rings. The van der Waals surface area contributed by atoms with E-state index in [1.807, 2.05) is 72.8 Å². The Hall–Kier alpha value is -5.44. The topological polar surface area (TPSA) is 120 Å². The number of nitrogens with zero attached hydrogens (tertiary/aromatic N) is 1. The molecule has 0 saturated carbocycles. The third-order valence-corrected chi connectivity index (χ3v) is 8.47. The van der Waals surface area contributed by atoms with Crippen molar-refractivity contribution in [2.75, 3.05) is 36.9 Å². The fourth-order valence-electron chi connectivity index (χ4n) is 5.62. The first kappa shape index (κ1) is 37.4. The number of unbranched alkanes of at least 4 members (excludes halogenated alkanes) is 4. The average Bonchev–Trinajstić information content (AvgIpc) is 3.14. The molecular formula is C41H49N5O4. The van der Waals surface area contributed by atoms with Crippen LogP contribution in [0.1, 0.15) is 67.4 Å². The van der Waals surface area contributed by atoms with E-state index in [-0.39, 0.29) is 30.2 Å². The van der Waals surface area contributed by atoms with E-state index in [0.717, 1.165) is 35.2 Å². The van der Waals surface area contributed by atoms with Gasteiger partial charge in [0.1, 0.15) is 6.04 Å². The van der Waals surface area contributed by atoms with Gasteiger partial charge in [0.05, 0.1) is 0 Å². The lowest BCUT2D eigenvalue weighted by Gasteiger charge is -2.22. The zero-order chi connectivity index (χ0) is 35.7. The first-order valence-electron chi connectivity index (χ1n) is 17.4. The van der Waals surface area contributed by atoms with Gasteiger partial charge in [-0.15, -0.1) is 0 Å². The van der Waals surface area contributed by atoms with Gasteiger partial charge in [-0.05, 0) is 47.4 Å². The van der Waals surface area contributed by atoms with Gasteiger partial charge in [-0.1, -0.05) is 111 Å². The lowest BCUT2D eigenvalue weighted by molar-refractivity contribution is -0.122. The Morgan fingerprint density at radius 3 is 2.12 bits per heavy atom. The van der Waals surface area contributed by atoms with Crippen molar-refractivity contribution in [2.24, 2.45) is 0 Å². The molecule has 0 spiro atoms. The summed E-state index contributed by atoms with van der Waals surface area (Å²) < 4.78 is 0. The smallest absolute Gasteiger partial charge is 0.321 e. The van der Waals surface area contributed by atoms with Gasteiger partial charge in [-0.2, -0.15) is 0 Å². The summed E-state index contributed by atoms with van der Waals surface area (Å²) in [6, 6.07) is 31.2. The number of anilines is 2. The Bertz CT molecular complexity index is 1710. The van der Waals surface area contributed by atoms with Crippen LogP contribution in [0.5, 0.6) is 0 Å². The van der Waals surface area contributed by atoms with Crippen LogP contribution in [-0.2, 0) is 16.0 Å². The predicted molar refractivity (Wildman–Crippen MR) is 202 cm³/mol. The molecule has 0 fully saturated rings. The first-order chi connectivity index (χ1) is 24.3. The lowest BCUT2D eigenvalue weighted by Crippen LogP contribution is -2.44. The van der Waals surface area contributed by atoms with Crippen LogP contribution >= 0.6 is 0 Å². The number of rotatable bonds is 18. The van der Waals surface area contributed by atoms with Crippen LogP contribution in [0, 0.1) is 0 Å². The molecule has 4 aromatic carbocycles. The van der Waals surface area contributed by atoms with Crippen molar-refractivity contribution < 1.29 is 19.2 Å². The molecular weight excluding hydrogens is 626 g/mol. The molecule has 262 valence electrons. The summed E-state index contributed by atoms with van der Waals surface area (Å²) in [6.45, 7) is 4.85. The van der Waals surface area contributed by atoms with Crippen LogP contribution in [0.3, 0.4) is 0 Å². The third kappa shape index (κ3) is 11.3. The molecule has 0 bridgehead atoms. The quantitative estimate of drug-likeness (QED) is 0.0671. The van der Waals surface area contributed by atoms with E-state index in [4.69, 9.17) is 0 Å². The van der Waals surface area contributed by atoms with Crippen LogP contribution in [0.15, 0.2) is 103 Å². The van der Waals surface area contributed by atoms with Crippen LogP contribution in [0.25, 0.3) is 11.1 Å². The molecule has 0 radical (unpaired) electrons. The molecule has 9 nitrogen and oxygen atoms in total. The van der Waals surface area contributed by atoms with Crippen molar-refractivity contribution in [3.05, 3.63) is 120 Å². The molecule has 0 aromatic heterocycles. The van der Waals surface area contributed by atoms with Crippen LogP contribution in [-0.4, -0.2) is 56.4 Å². The standard InChI is InChI=1S/C41H49N5O4/c1-4-5-6-7-13-25-44-41(50)46(3)35-18-14-17-34(29-35)32-23-21-31(22-24-32)28-38(40(49)43-27-26-42-30(2)47)45-37-20-12-11-19-36(37)39(48)33-15-9-8-10-16-33/h8-12,14-24,29,38,45H,4-7,13,25-28H2,1-3H3,(H,42,47)(H,43,49)(H,44,50)/t38-/m0/s1. The third-order valence-electron chi connectivity index (χ3n) is 8.47. The van der Waals surface area contributed by atoms with Crippen molar-refractivity contribution in [3.8, 4) is 11.1 Å². The molecule has 4 aromatic rings. The van der Waals surface area contributed by atoms with Gasteiger partial charge in [-0.3, -0.25) is 19.3 Å². The second kappa shape index (κ2) is 19.5. The minimum Gasteiger partial charge on any atom is -0.373 e. The zero-order valence-electron chi connectivity index (χ0n) is 29.3. The van der Waals surface area contributed by atoms with Gasteiger partial charge in [0, 0.05) is 62.5 Å². The maximum atomic E-state index is 13.5. The van der Waals surface area contributed by atoms with E-state index in [9.17, 15) is 19.2 Å².